The van der Waals surface area contributed by atoms with E-state index in [0.29, 0.717) is 6.61 Å². The maximum atomic E-state index is 5.79. The van der Waals surface area contributed by atoms with Gasteiger partial charge in [-0.25, -0.2) is 4.98 Å². The van der Waals surface area contributed by atoms with E-state index in [1.165, 1.54) is 0 Å². The summed E-state index contributed by atoms with van der Waals surface area (Å²) >= 11 is 2.16. The molecule has 0 bridgehead atoms. The summed E-state index contributed by atoms with van der Waals surface area (Å²) in [6.07, 6.45) is 1.78. The molecule has 1 unspecified atom stereocenters. The highest BCUT2D eigenvalue weighted by atomic mass is 127. The van der Waals surface area contributed by atoms with Crippen molar-refractivity contribution in [2.75, 3.05) is 13.7 Å². The summed E-state index contributed by atoms with van der Waals surface area (Å²) in [6, 6.07) is 3.84. The third-order valence-electron chi connectivity index (χ3n) is 1.52. The minimum absolute atomic E-state index is 0.0699. The fourth-order valence-electron chi connectivity index (χ4n) is 0.882. The van der Waals surface area contributed by atoms with Crippen molar-refractivity contribution in [3.05, 3.63) is 27.6 Å². The molecular weight excluding hydrogens is 267 g/mol. The lowest BCUT2D eigenvalue weighted by Crippen LogP contribution is -2.16. The van der Waals surface area contributed by atoms with Crippen LogP contribution in [0.5, 0.6) is 0 Å². The summed E-state index contributed by atoms with van der Waals surface area (Å²) in [4.78, 5) is 4.13. The Morgan fingerprint density at radius 1 is 1.67 bits per heavy atom. The molecule has 0 fully saturated rings. The first kappa shape index (κ1) is 9.88. The highest BCUT2D eigenvalue weighted by molar-refractivity contribution is 14.1. The number of pyridine rings is 1. The summed E-state index contributed by atoms with van der Waals surface area (Å²) in [5.74, 6) is 0. The maximum absolute atomic E-state index is 5.79. The van der Waals surface area contributed by atoms with Gasteiger partial charge in [0.1, 0.15) is 3.70 Å². The number of methoxy groups -OCH3 is 1. The van der Waals surface area contributed by atoms with Crippen molar-refractivity contribution in [2.24, 2.45) is 5.73 Å². The Kier molecular flexibility index (Phi) is 3.90. The molecule has 0 aliphatic rings. The third kappa shape index (κ3) is 2.69. The SMILES string of the molecule is COCC(N)c1ccc(I)nc1. The Morgan fingerprint density at radius 2 is 2.42 bits per heavy atom. The van der Waals surface area contributed by atoms with Crippen LogP contribution in [0.3, 0.4) is 0 Å². The Bertz CT molecular complexity index is 237. The molecule has 0 amide bonds. The van der Waals surface area contributed by atoms with Crippen LogP contribution in [0, 0.1) is 3.70 Å². The highest BCUT2D eigenvalue weighted by Crippen LogP contribution is 2.10. The van der Waals surface area contributed by atoms with Crippen LogP contribution in [0.2, 0.25) is 0 Å². The fraction of sp³-hybridized carbons (Fsp3) is 0.375. The predicted octanol–water partition coefficient (Wildman–Crippen LogP) is 1.33. The number of rotatable bonds is 3. The monoisotopic (exact) mass is 278 g/mol. The molecule has 0 saturated carbocycles. The van der Waals surface area contributed by atoms with Gasteiger partial charge in [0.2, 0.25) is 0 Å². The van der Waals surface area contributed by atoms with Gasteiger partial charge in [0.25, 0.3) is 0 Å². The van der Waals surface area contributed by atoms with Gasteiger partial charge in [0.15, 0.2) is 0 Å². The molecular formula is C8H11IN2O. The van der Waals surface area contributed by atoms with Crippen LogP contribution < -0.4 is 5.73 Å². The van der Waals surface area contributed by atoms with Gasteiger partial charge in [-0.3, -0.25) is 0 Å². The zero-order chi connectivity index (χ0) is 8.97. The average Bonchev–Trinajstić information content (AvgIpc) is 2.06. The summed E-state index contributed by atoms with van der Waals surface area (Å²) in [5, 5.41) is 0. The standard InChI is InChI=1S/C8H11IN2O/c1-12-5-7(10)6-2-3-8(9)11-4-6/h2-4,7H,5,10H2,1H3. The zero-order valence-corrected chi connectivity index (χ0v) is 8.98. The first-order valence-corrected chi connectivity index (χ1v) is 4.68. The predicted molar refractivity (Wildman–Crippen MR) is 55.8 cm³/mol. The number of nitrogens with two attached hydrogens (primary N) is 1. The third-order valence-corrected chi connectivity index (χ3v) is 2.16. The molecule has 1 aromatic rings. The molecule has 66 valence electrons. The van der Waals surface area contributed by atoms with E-state index in [4.69, 9.17) is 10.5 Å². The second-order valence-electron chi connectivity index (χ2n) is 2.48. The molecule has 0 spiro atoms. The van der Waals surface area contributed by atoms with Crippen molar-refractivity contribution < 1.29 is 4.74 Å². The van der Waals surface area contributed by atoms with Gasteiger partial charge in [0.05, 0.1) is 12.6 Å². The molecule has 1 atom stereocenters. The van der Waals surface area contributed by atoms with Crippen LogP contribution >= 0.6 is 22.6 Å². The van der Waals surface area contributed by atoms with Gasteiger partial charge in [0, 0.05) is 13.3 Å². The minimum Gasteiger partial charge on any atom is -0.383 e. The first-order chi connectivity index (χ1) is 5.74. The number of ether oxygens (including phenoxy) is 1. The van der Waals surface area contributed by atoms with E-state index in [1.54, 1.807) is 13.3 Å². The van der Waals surface area contributed by atoms with Crippen molar-refractivity contribution in [2.45, 2.75) is 6.04 Å². The van der Waals surface area contributed by atoms with E-state index in [-0.39, 0.29) is 6.04 Å². The molecule has 1 aromatic heterocycles. The van der Waals surface area contributed by atoms with Crippen LogP contribution in [-0.4, -0.2) is 18.7 Å². The van der Waals surface area contributed by atoms with E-state index in [2.05, 4.69) is 27.6 Å². The Balaban J connectivity index is 2.68. The number of hydrogen-bond acceptors (Lipinski definition) is 3. The summed E-state index contributed by atoms with van der Waals surface area (Å²) in [7, 11) is 1.64. The molecule has 12 heavy (non-hydrogen) atoms. The van der Waals surface area contributed by atoms with Crippen LogP contribution in [0.15, 0.2) is 18.3 Å². The fourth-order valence-corrected chi connectivity index (χ4v) is 1.20. The topological polar surface area (TPSA) is 48.1 Å². The van der Waals surface area contributed by atoms with Gasteiger partial charge in [-0.15, -0.1) is 0 Å². The maximum Gasteiger partial charge on any atom is 0.101 e. The Hall–Kier alpha value is -0.200. The smallest absolute Gasteiger partial charge is 0.101 e. The van der Waals surface area contributed by atoms with E-state index < -0.39 is 0 Å². The van der Waals surface area contributed by atoms with Gasteiger partial charge in [-0.2, -0.15) is 0 Å². The van der Waals surface area contributed by atoms with E-state index in [0.717, 1.165) is 9.26 Å². The van der Waals surface area contributed by atoms with Crippen LogP contribution in [0.25, 0.3) is 0 Å². The van der Waals surface area contributed by atoms with Crippen molar-refractivity contribution >= 4 is 22.6 Å². The van der Waals surface area contributed by atoms with Crippen LogP contribution in [0.4, 0.5) is 0 Å². The van der Waals surface area contributed by atoms with E-state index >= 15 is 0 Å². The second-order valence-corrected chi connectivity index (χ2v) is 3.58. The largest absolute Gasteiger partial charge is 0.383 e. The minimum atomic E-state index is -0.0699. The Morgan fingerprint density at radius 3 is 2.92 bits per heavy atom. The lowest BCUT2D eigenvalue weighted by atomic mass is 10.1. The molecule has 2 N–H and O–H groups in total. The molecule has 1 heterocycles. The van der Waals surface area contributed by atoms with Crippen molar-refractivity contribution in [1.29, 1.82) is 0 Å². The van der Waals surface area contributed by atoms with Crippen LogP contribution in [-0.2, 0) is 4.74 Å². The van der Waals surface area contributed by atoms with Gasteiger partial charge in [-0.05, 0) is 34.2 Å². The molecule has 3 nitrogen and oxygen atoms in total. The lowest BCUT2D eigenvalue weighted by Gasteiger charge is -2.09. The number of nitrogens with zero attached hydrogens (tertiary/aromatic N) is 1. The van der Waals surface area contributed by atoms with Crippen molar-refractivity contribution in [3.8, 4) is 0 Å². The van der Waals surface area contributed by atoms with Gasteiger partial charge < -0.3 is 10.5 Å². The summed E-state index contributed by atoms with van der Waals surface area (Å²) in [5.41, 5.74) is 6.80. The van der Waals surface area contributed by atoms with E-state index in [1.807, 2.05) is 12.1 Å². The zero-order valence-electron chi connectivity index (χ0n) is 6.83. The highest BCUT2D eigenvalue weighted by Gasteiger charge is 2.04. The van der Waals surface area contributed by atoms with Crippen LogP contribution in [0.1, 0.15) is 11.6 Å². The Labute approximate surface area is 85.5 Å². The normalized spacial score (nSPS) is 12.9. The molecule has 0 aromatic carbocycles. The van der Waals surface area contributed by atoms with Crippen molar-refractivity contribution in [1.82, 2.24) is 4.98 Å². The van der Waals surface area contributed by atoms with Crippen molar-refractivity contribution in [3.63, 3.8) is 0 Å². The molecule has 1 rings (SSSR count). The molecule has 0 saturated heterocycles. The first-order valence-electron chi connectivity index (χ1n) is 3.60. The van der Waals surface area contributed by atoms with Gasteiger partial charge >= 0.3 is 0 Å². The average molecular weight is 278 g/mol. The number of aromatic nitrogens is 1. The molecule has 0 radical (unpaired) electrons. The molecule has 0 aliphatic carbocycles. The molecule has 0 aliphatic heterocycles. The van der Waals surface area contributed by atoms with E-state index in [9.17, 15) is 0 Å². The number of hydrogen-bond donors (Lipinski definition) is 1. The second kappa shape index (κ2) is 4.74. The van der Waals surface area contributed by atoms with Gasteiger partial charge in [-0.1, -0.05) is 6.07 Å². The molecule has 4 heteroatoms. The summed E-state index contributed by atoms with van der Waals surface area (Å²) in [6.45, 7) is 0.530. The quantitative estimate of drug-likeness (QED) is 0.670. The summed E-state index contributed by atoms with van der Waals surface area (Å²) < 4.78 is 5.91. The lowest BCUT2D eigenvalue weighted by molar-refractivity contribution is 0.181. The number of halogens is 1.